The maximum Gasteiger partial charge on any atom is 0.0357 e. The van der Waals surface area contributed by atoms with E-state index in [-0.39, 0.29) is 0 Å². The van der Waals surface area contributed by atoms with Gasteiger partial charge in [0, 0.05) is 35.4 Å². The van der Waals surface area contributed by atoms with Crippen LogP contribution in [0.5, 0.6) is 0 Å². The van der Waals surface area contributed by atoms with Crippen LogP contribution in [0.15, 0.2) is 0 Å². The van der Waals surface area contributed by atoms with Gasteiger partial charge < -0.3 is 5.32 Å². The number of rotatable bonds is 4. The van der Waals surface area contributed by atoms with Gasteiger partial charge in [-0.2, -0.15) is 0 Å². The third-order valence-corrected chi connectivity index (χ3v) is 6.00. The summed E-state index contributed by atoms with van der Waals surface area (Å²) in [6.45, 7) is 0.953. The molecule has 2 nitrogen and oxygen atoms in total. The van der Waals surface area contributed by atoms with Crippen LogP contribution in [0.1, 0.15) is 32.1 Å². The molecule has 0 spiro atoms. The van der Waals surface area contributed by atoms with Gasteiger partial charge in [-0.25, -0.2) is 0 Å². The Balaban J connectivity index is 1.54. The van der Waals surface area contributed by atoms with E-state index in [1.165, 1.54) is 32.1 Å². The molecule has 16 heavy (non-hydrogen) atoms. The molecule has 1 N–H and O–H groups in total. The van der Waals surface area contributed by atoms with E-state index < -0.39 is 10.8 Å². The summed E-state index contributed by atoms with van der Waals surface area (Å²) >= 11 is 0. The second-order valence-corrected chi connectivity index (χ2v) is 7.55. The number of hydrogen-bond acceptors (Lipinski definition) is 2. The molecule has 0 radical (unpaired) electrons. The van der Waals surface area contributed by atoms with E-state index >= 15 is 0 Å². The summed E-state index contributed by atoms with van der Waals surface area (Å²) < 4.78 is 11.0. The van der Waals surface area contributed by atoms with Gasteiger partial charge in [-0.3, -0.25) is 4.21 Å². The van der Waals surface area contributed by atoms with Crippen molar-refractivity contribution in [2.75, 3.05) is 18.6 Å². The lowest BCUT2D eigenvalue weighted by Gasteiger charge is -2.32. The first-order valence-electron chi connectivity index (χ1n) is 6.79. The Morgan fingerprint density at radius 3 is 2.81 bits per heavy atom. The Hall–Kier alpha value is 0.110. The quantitative estimate of drug-likeness (QED) is 0.813. The molecule has 3 rings (SSSR count). The maximum atomic E-state index is 11.0. The van der Waals surface area contributed by atoms with Crippen LogP contribution in [0.4, 0.5) is 0 Å². The van der Waals surface area contributed by atoms with Gasteiger partial charge in [0.2, 0.25) is 0 Å². The molecule has 0 aromatic rings. The van der Waals surface area contributed by atoms with E-state index in [1.807, 2.05) is 0 Å². The Kier molecular flexibility index (Phi) is 3.09. The topological polar surface area (TPSA) is 29.1 Å². The summed E-state index contributed by atoms with van der Waals surface area (Å²) in [5.74, 6) is 4.94. The monoisotopic (exact) mass is 241 g/mol. The first-order valence-corrected chi connectivity index (χ1v) is 8.52. The minimum absolute atomic E-state index is 0.635. The van der Waals surface area contributed by atoms with Crippen molar-refractivity contribution in [2.24, 2.45) is 23.7 Å². The first-order chi connectivity index (χ1) is 7.75. The minimum atomic E-state index is -0.635. The lowest BCUT2D eigenvalue weighted by Crippen LogP contribution is -2.40. The Bertz CT molecular complexity index is 294. The van der Waals surface area contributed by atoms with Gasteiger partial charge in [0.25, 0.3) is 0 Å². The van der Waals surface area contributed by atoms with Crippen molar-refractivity contribution in [2.45, 2.75) is 38.1 Å². The van der Waals surface area contributed by atoms with E-state index in [4.69, 9.17) is 0 Å². The normalized spacial score (nSPS) is 47.2. The molecule has 6 atom stereocenters. The standard InChI is InChI=1S/C13H23NOS/c1-16(15)6-5-14-13-8-9-7-12(13)11-4-2-3-10(9)11/h9-14H,2-8H2,1H3. The lowest BCUT2D eigenvalue weighted by atomic mass is 9.79. The van der Waals surface area contributed by atoms with Crippen LogP contribution in [-0.4, -0.2) is 28.8 Å². The highest BCUT2D eigenvalue weighted by Gasteiger charge is 2.53. The van der Waals surface area contributed by atoms with Crippen molar-refractivity contribution in [3.05, 3.63) is 0 Å². The molecule has 6 unspecified atom stereocenters. The summed E-state index contributed by atoms with van der Waals surface area (Å²) in [4.78, 5) is 0. The highest BCUT2D eigenvalue weighted by molar-refractivity contribution is 7.84. The number of nitrogens with one attached hydrogen (secondary N) is 1. The Morgan fingerprint density at radius 1 is 1.19 bits per heavy atom. The molecular weight excluding hydrogens is 218 g/mol. The van der Waals surface area contributed by atoms with Gasteiger partial charge in [0.05, 0.1) is 0 Å². The fraction of sp³-hybridized carbons (Fsp3) is 1.00. The van der Waals surface area contributed by atoms with Crippen LogP contribution in [-0.2, 0) is 10.8 Å². The predicted molar refractivity (Wildman–Crippen MR) is 67.8 cm³/mol. The largest absolute Gasteiger partial charge is 0.313 e. The highest BCUT2D eigenvalue weighted by atomic mass is 32.2. The SMILES string of the molecule is CS(=O)CCNC1CC2CC1C1CCCC21. The second-order valence-electron chi connectivity index (χ2n) is 5.99. The van der Waals surface area contributed by atoms with Gasteiger partial charge >= 0.3 is 0 Å². The highest BCUT2D eigenvalue weighted by Crippen LogP contribution is 2.58. The molecule has 0 aromatic heterocycles. The van der Waals surface area contributed by atoms with Crippen molar-refractivity contribution in [1.82, 2.24) is 5.32 Å². The van der Waals surface area contributed by atoms with Crippen molar-refractivity contribution < 1.29 is 4.21 Å². The van der Waals surface area contributed by atoms with Crippen LogP contribution >= 0.6 is 0 Å². The molecule has 3 heteroatoms. The zero-order valence-corrected chi connectivity index (χ0v) is 11.0. The zero-order chi connectivity index (χ0) is 11.1. The van der Waals surface area contributed by atoms with Crippen LogP contribution in [0.25, 0.3) is 0 Å². The number of hydrogen-bond donors (Lipinski definition) is 1. The molecule has 0 aliphatic heterocycles. The van der Waals surface area contributed by atoms with E-state index in [1.54, 1.807) is 6.26 Å². The van der Waals surface area contributed by atoms with Crippen molar-refractivity contribution >= 4 is 10.8 Å². The van der Waals surface area contributed by atoms with Gasteiger partial charge in [0.1, 0.15) is 0 Å². The lowest BCUT2D eigenvalue weighted by molar-refractivity contribution is 0.211. The summed E-state index contributed by atoms with van der Waals surface area (Å²) in [7, 11) is -0.635. The van der Waals surface area contributed by atoms with Gasteiger partial charge in [-0.1, -0.05) is 6.42 Å². The molecule has 3 saturated carbocycles. The Labute approximate surface area is 101 Å². The summed E-state index contributed by atoms with van der Waals surface area (Å²) in [6.07, 6.45) is 9.18. The van der Waals surface area contributed by atoms with E-state index in [0.29, 0.717) is 0 Å². The molecule has 0 heterocycles. The third-order valence-electron chi connectivity index (χ3n) is 5.22. The smallest absolute Gasteiger partial charge is 0.0357 e. The summed E-state index contributed by atoms with van der Waals surface area (Å²) in [5, 5.41) is 3.66. The fourth-order valence-electron chi connectivity index (χ4n) is 4.69. The first kappa shape index (κ1) is 11.2. The van der Waals surface area contributed by atoms with Crippen LogP contribution < -0.4 is 5.32 Å². The number of fused-ring (bicyclic) bond motifs is 5. The zero-order valence-electron chi connectivity index (χ0n) is 10.2. The second kappa shape index (κ2) is 4.41. The van der Waals surface area contributed by atoms with Gasteiger partial charge in [-0.15, -0.1) is 0 Å². The average molecular weight is 241 g/mol. The van der Waals surface area contributed by atoms with E-state index in [2.05, 4.69) is 5.32 Å². The summed E-state index contributed by atoms with van der Waals surface area (Å²) in [5.41, 5.74) is 0. The molecule has 3 aliphatic carbocycles. The molecule has 3 aliphatic rings. The molecule has 92 valence electrons. The molecule has 0 saturated heterocycles. The van der Waals surface area contributed by atoms with Crippen LogP contribution in [0.2, 0.25) is 0 Å². The van der Waals surface area contributed by atoms with Crippen molar-refractivity contribution in [3.63, 3.8) is 0 Å². The Morgan fingerprint density at radius 2 is 2.00 bits per heavy atom. The van der Waals surface area contributed by atoms with E-state index in [9.17, 15) is 4.21 Å². The minimum Gasteiger partial charge on any atom is -0.313 e. The van der Waals surface area contributed by atoms with E-state index in [0.717, 1.165) is 42.0 Å². The molecule has 3 fully saturated rings. The molecule has 2 bridgehead atoms. The molecule has 0 aromatic carbocycles. The molecular formula is C13H23NOS. The fourth-order valence-corrected chi connectivity index (χ4v) is 5.10. The summed E-state index contributed by atoms with van der Waals surface area (Å²) in [6, 6.07) is 0.757. The van der Waals surface area contributed by atoms with Crippen LogP contribution in [0, 0.1) is 23.7 Å². The van der Waals surface area contributed by atoms with Crippen molar-refractivity contribution in [1.29, 1.82) is 0 Å². The average Bonchev–Trinajstić information content (AvgIpc) is 2.87. The van der Waals surface area contributed by atoms with Gasteiger partial charge in [0.15, 0.2) is 0 Å². The maximum absolute atomic E-state index is 11.0. The van der Waals surface area contributed by atoms with Crippen molar-refractivity contribution in [3.8, 4) is 0 Å². The predicted octanol–water partition coefficient (Wildman–Crippen LogP) is 1.78. The molecule has 0 amide bonds. The van der Waals surface area contributed by atoms with Gasteiger partial charge in [-0.05, 0) is 49.4 Å². The third kappa shape index (κ3) is 1.86. The van der Waals surface area contributed by atoms with Crippen LogP contribution in [0.3, 0.4) is 0 Å².